The van der Waals surface area contributed by atoms with Crippen molar-refractivity contribution in [3.8, 4) is 11.4 Å². The number of aliphatic hydroxyl groups excluding tert-OH is 1. The van der Waals surface area contributed by atoms with Gasteiger partial charge >= 0.3 is 12.1 Å². The quantitative estimate of drug-likeness (QED) is 0.267. The first-order chi connectivity index (χ1) is 18.6. The highest BCUT2D eigenvalue weighted by atomic mass is 35.5. The Labute approximate surface area is 232 Å². The number of carbonyl (C=O) groups is 2. The highest BCUT2D eigenvalue weighted by molar-refractivity contribution is 6.30. The van der Waals surface area contributed by atoms with Gasteiger partial charge in [0, 0.05) is 18.5 Å². The summed E-state index contributed by atoms with van der Waals surface area (Å²) >= 11 is 6.33. The van der Waals surface area contributed by atoms with Gasteiger partial charge in [0.2, 0.25) is 0 Å². The van der Waals surface area contributed by atoms with Crippen molar-refractivity contribution in [3.63, 3.8) is 0 Å². The number of hydrogen-bond acceptors (Lipinski definition) is 7. The minimum absolute atomic E-state index is 0.234. The molecule has 0 unspecified atom stereocenters. The fourth-order valence-corrected chi connectivity index (χ4v) is 4.67. The van der Waals surface area contributed by atoms with Gasteiger partial charge in [-0.1, -0.05) is 49.2 Å². The van der Waals surface area contributed by atoms with Crippen LogP contribution in [-0.2, 0) is 29.0 Å². The monoisotopic (exact) mass is 552 g/mol. The van der Waals surface area contributed by atoms with Gasteiger partial charge in [-0.25, -0.2) is 24.1 Å². The van der Waals surface area contributed by atoms with Gasteiger partial charge in [-0.15, -0.1) is 0 Å². The van der Waals surface area contributed by atoms with E-state index < -0.39 is 17.7 Å². The number of rotatable bonds is 8. The lowest BCUT2D eigenvalue weighted by Crippen LogP contribution is -2.27. The third-order valence-corrected chi connectivity index (χ3v) is 6.52. The summed E-state index contributed by atoms with van der Waals surface area (Å²) in [5, 5.41) is 10.2. The van der Waals surface area contributed by atoms with Crippen LogP contribution in [0.15, 0.2) is 42.5 Å². The van der Waals surface area contributed by atoms with Crippen molar-refractivity contribution in [3.05, 3.63) is 70.3 Å². The Kier molecular flexibility index (Phi) is 8.42. The normalized spacial score (nSPS) is 11.7. The summed E-state index contributed by atoms with van der Waals surface area (Å²) in [6.07, 6.45) is 2.07. The molecule has 0 aliphatic rings. The Bertz CT molecular complexity index is 1520. The number of benzene rings is 2. The summed E-state index contributed by atoms with van der Waals surface area (Å²) in [4.78, 5) is 35.2. The number of hydrogen-bond donors (Lipinski definition) is 1. The number of imidazole rings is 2. The molecule has 0 aliphatic heterocycles. The van der Waals surface area contributed by atoms with E-state index in [4.69, 9.17) is 26.1 Å². The predicted molar refractivity (Wildman–Crippen MR) is 149 cm³/mol. The van der Waals surface area contributed by atoms with Crippen LogP contribution in [0.4, 0.5) is 4.79 Å². The van der Waals surface area contributed by atoms with E-state index in [9.17, 15) is 14.7 Å². The number of fused-ring (bicyclic) bond motifs is 1. The van der Waals surface area contributed by atoms with Gasteiger partial charge in [0.05, 0.1) is 36.0 Å². The number of nitrogens with zero attached hydrogens (tertiary/aromatic N) is 4. The van der Waals surface area contributed by atoms with Crippen LogP contribution in [0.2, 0.25) is 5.15 Å². The number of unbranched alkanes of at least 4 members (excludes halogenated alkanes) is 1. The first-order valence-corrected chi connectivity index (χ1v) is 13.2. The van der Waals surface area contributed by atoms with Crippen LogP contribution in [-0.4, -0.2) is 49.0 Å². The third kappa shape index (κ3) is 5.99. The van der Waals surface area contributed by atoms with E-state index in [1.54, 1.807) is 51.1 Å². The molecule has 9 nitrogen and oxygen atoms in total. The van der Waals surface area contributed by atoms with Crippen LogP contribution < -0.4 is 0 Å². The second kappa shape index (κ2) is 11.6. The second-order valence-corrected chi connectivity index (χ2v) is 10.6. The Balaban J connectivity index is 1.86. The minimum Gasteiger partial charge on any atom is -0.465 e. The van der Waals surface area contributed by atoms with Crippen LogP contribution in [0.1, 0.15) is 68.0 Å². The summed E-state index contributed by atoms with van der Waals surface area (Å²) in [7, 11) is 1.31. The Hall–Kier alpha value is -3.69. The average molecular weight is 553 g/mol. The van der Waals surface area contributed by atoms with Gasteiger partial charge < -0.3 is 19.1 Å². The van der Waals surface area contributed by atoms with E-state index in [-0.39, 0.29) is 18.0 Å². The molecule has 39 heavy (non-hydrogen) atoms. The molecular weight excluding hydrogens is 520 g/mol. The van der Waals surface area contributed by atoms with E-state index >= 15 is 0 Å². The zero-order valence-corrected chi connectivity index (χ0v) is 23.6. The highest BCUT2D eigenvalue weighted by Gasteiger charge is 2.26. The molecule has 4 rings (SSSR count). The smallest absolute Gasteiger partial charge is 0.420 e. The number of halogens is 1. The molecule has 0 fully saturated rings. The van der Waals surface area contributed by atoms with Crippen LogP contribution in [0.5, 0.6) is 0 Å². The molecule has 2 heterocycles. The van der Waals surface area contributed by atoms with E-state index in [2.05, 4.69) is 11.9 Å². The van der Waals surface area contributed by atoms with Crippen molar-refractivity contribution in [2.24, 2.45) is 0 Å². The lowest BCUT2D eigenvalue weighted by Gasteiger charge is -2.20. The average Bonchev–Trinajstić information content (AvgIpc) is 3.42. The summed E-state index contributed by atoms with van der Waals surface area (Å²) < 4.78 is 14.0. The van der Waals surface area contributed by atoms with Gasteiger partial charge in [0.25, 0.3) is 0 Å². The standard InChI is InChI=1S/C29H33ClN4O5/c1-6-7-12-24-32-25(30)23(17-35)33(24)16-18-13-14-22-21(15-18)31-26(34(22)28(37)39-29(2,3)4)19-10-8-9-11-20(19)27(36)38-5/h8-11,13-15,35H,6-7,12,16-17H2,1-5H3. The SMILES string of the molecule is CCCCc1nc(Cl)c(CO)n1Cc1ccc2c(c1)nc(-c1ccccc1C(=O)OC)n2C(=O)OC(C)(C)C. The number of aromatic nitrogens is 4. The maximum atomic E-state index is 13.4. The largest absolute Gasteiger partial charge is 0.465 e. The predicted octanol–water partition coefficient (Wildman–Crippen LogP) is 6.01. The maximum absolute atomic E-state index is 13.4. The molecule has 10 heteroatoms. The number of aliphatic hydroxyl groups is 1. The van der Waals surface area contributed by atoms with Crippen molar-refractivity contribution in [2.45, 2.75) is 65.7 Å². The van der Waals surface area contributed by atoms with Crippen molar-refractivity contribution < 1.29 is 24.2 Å². The van der Waals surface area contributed by atoms with Gasteiger partial charge in [0.15, 0.2) is 11.0 Å². The van der Waals surface area contributed by atoms with Crippen LogP contribution in [0.3, 0.4) is 0 Å². The molecule has 2 aromatic carbocycles. The van der Waals surface area contributed by atoms with Crippen LogP contribution in [0.25, 0.3) is 22.4 Å². The summed E-state index contributed by atoms with van der Waals surface area (Å²) in [6.45, 7) is 7.65. The second-order valence-electron chi connectivity index (χ2n) is 10.2. The number of aryl methyl sites for hydroxylation is 1. The van der Waals surface area contributed by atoms with Crippen molar-refractivity contribution >= 4 is 34.7 Å². The van der Waals surface area contributed by atoms with Gasteiger partial charge in [-0.2, -0.15) is 0 Å². The third-order valence-electron chi connectivity index (χ3n) is 6.22. The Morgan fingerprint density at radius 3 is 2.51 bits per heavy atom. The molecule has 1 N–H and O–H groups in total. The number of esters is 1. The lowest BCUT2D eigenvalue weighted by molar-refractivity contribution is 0.0542. The zero-order valence-electron chi connectivity index (χ0n) is 22.8. The molecule has 4 aromatic rings. The fraction of sp³-hybridized carbons (Fsp3) is 0.379. The van der Waals surface area contributed by atoms with Crippen molar-refractivity contribution in [1.82, 2.24) is 19.1 Å². The maximum Gasteiger partial charge on any atom is 0.420 e. The molecule has 0 amide bonds. The first-order valence-electron chi connectivity index (χ1n) is 12.8. The zero-order chi connectivity index (χ0) is 28.3. The molecule has 0 bridgehead atoms. The van der Waals surface area contributed by atoms with E-state index in [1.807, 2.05) is 16.7 Å². The molecule has 206 valence electrons. The van der Waals surface area contributed by atoms with Crippen molar-refractivity contribution in [2.75, 3.05) is 7.11 Å². The Morgan fingerprint density at radius 1 is 1.10 bits per heavy atom. The molecule has 2 aromatic heterocycles. The number of methoxy groups -OCH3 is 1. The van der Waals surface area contributed by atoms with Crippen LogP contribution >= 0.6 is 11.6 Å². The molecule has 0 saturated heterocycles. The van der Waals surface area contributed by atoms with Crippen molar-refractivity contribution in [1.29, 1.82) is 0 Å². The molecule has 0 saturated carbocycles. The molecule has 0 aliphatic carbocycles. The summed E-state index contributed by atoms with van der Waals surface area (Å²) in [5.41, 5.74) is 2.48. The van der Waals surface area contributed by atoms with E-state index in [1.165, 1.54) is 11.7 Å². The fourth-order valence-electron chi connectivity index (χ4n) is 4.41. The topological polar surface area (TPSA) is 108 Å². The molecule has 0 spiro atoms. The number of ether oxygens (including phenoxy) is 2. The Morgan fingerprint density at radius 2 is 1.85 bits per heavy atom. The first kappa shape index (κ1) is 28.3. The molecule has 0 radical (unpaired) electrons. The van der Waals surface area contributed by atoms with Gasteiger partial charge in [-0.05, 0) is 51.0 Å². The molecular formula is C29H33ClN4O5. The highest BCUT2D eigenvalue weighted by Crippen LogP contribution is 2.30. The number of carbonyl (C=O) groups excluding carboxylic acids is 2. The van der Waals surface area contributed by atoms with Gasteiger partial charge in [0.1, 0.15) is 11.4 Å². The lowest BCUT2D eigenvalue weighted by atomic mass is 10.1. The minimum atomic E-state index is -0.747. The van der Waals surface area contributed by atoms with E-state index in [0.29, 0.717) is 34.0 Å². The van der Waals surface area contributed by atoms with Gasteiger partial charge in [-0.3, -0.25) is 0 Å². The van der Waals surface area contributed by atoms with Crippen LogP contribution in [0, 0.1) is 0 Å². The molecule has 0 atom stereocenters. The van der Waals surface area contributed by atoms with E-state index in [0.717, 1.165) is 30.7 Å². The summed E-state index contributed by atoms with van der Waals surface area (Å²) in [6, 6.07) is 12.4. The summed E-state index contributed by atoms with van der Waals surface area (Å²) in [5.74, 6) is 0.531.